The smallest absolute Gasteiger partial charge is 0.120 e. The van der Waals surface area contributed by atoms with Crippen molar-refractivity contribution in [1.29, 1.82) is 0 Å². The Balaban J connectivity index is 0.000000179. The molecule has 1 radical (unpaired) electrons. The molecule has 0 amide bonds. The summed E-state index contributed by atoms with van der Waals surface area (Å²) >= 11 is 0. The molecular weight excluding hydrogens is 867 g/mol. The summed E-state index contributed by atoms with van der Waals surface area (Å²) in [6, 6.07) is 50.7. The number of rotatable bonds is 5. The SMILES string of the molecule is Cc1c[c-]c(-c2cc(CC(C)(C)C)c([Si](C)(C)C)cn2)cc1.[Ir].[c-]1ccc2c(oc3ccccc32)c1-c1nc2ccccc2n1-c1ccc2ccccc2c1. The summed E-state index contributed by atoms with van der Waals surface area (Å²) < 4.78 is 8.52. The molecule has 55 heavy (non-hydrogen) atoms. The van der Waals surface area contributed by atoms with Crippen LogP contribution in [0.5, 0.6) is 0 Å². The van der Waals surface area contributed by atoms with Crippen molar-refractivity contribution in [3.8, 4) is 28.3 Å². The predicted octanol–water partition coefficient (Wildman–Crippen LogP) is 12.5. The molecule has 0 fully saturated rings. The average molecular weight is 912 g/mol. The first-order chi connectivity index (χ1) is 25.9. The molecule has 277 valence electrons. The van der Waals surface area contributed by atoms with Gasteiger partial charge >= 0.3 is 0 Å². The van der Waals surface area contributed by atoms with E-state index in [2.05, 4.69) is 161 Å². The van der Waals surface area contributed by atoms with E-state index in [0.29, 0.717) is 0 Å². The molecular formula is C49H45IrN3OSi-2. The van der Waals surface area contributed by atoms with Crippen LogP contribution in [0.4, 0.5) is 0 Å². The quantitative estimate of drug-likeness (QED) is 0.128. The minimum Gasteiger partial charge on any atom is -0.501 e. The first kappa shape index (κ1) is 38.2. The van der Waals surface area contributed by atoms with E-state index in [1.165, 1.54) is 27.1 Å². The van der Waals surface area contributed by atoms with Gasteiger partial charge in [-0.25, -0.2) is 0 Å². The van der Waals surface area contributed by atoms with Crippen molar-refractivity contribution in [3.63, 3.8) is 0 Å². The topological polar surface area (TPSA) is 43.9 Å². The number of pyridine rings is 1. The van der Waals surface area contributed by atoms with Gasteiger partial charge in [-0.2, -0.15) is 0 Å². The van der Waals surface area contributed by atoms with Crippen molar-refractivity contribution in [1.82, 2.24) is 14.5 Å². The van der Waals surface area contributed by atoms with Gasteiger partial charge in [0.25, 0.3) is 0 Å². The molecule has 4 nitrogen and oxygen atoms in total. The van der Waals surface area contributed by atoms with Crippen LogP contribution in [0.3, 0.4) is 0 Å². The minimum absolute atomic E-state index is 0. The zero-order valence-corrected chi connectivity index (χ0v) is 35.9. The largest absolute Gasteiger partial charge is 0.501 e. The number of hydrogen-bond acceptors (Lipinski definition) is 3. The third-order valence-corrected chi connectivity index (χ3v) is 11.9. The normalized spacial score (nSPS) is 11.8. The molecule has 3 heterocycles. The number of furan rings is 1. The second-order valence-corrected chi connectivity index (χ2v) is 21.5. The minimum atomic E-state index is -1.38. The van der Waals surface area contributed by atoms with E-state index in [1.54, 1.807) is 0 Å². The van der Waals surface area contributed by atoms with Crippen LogP contribution in [0.1, 0.15) is 31.9 Å². The summed E-state index contributed by atoms with van der Waals surface area (Å²) in [4.78, 5) is 9.77. The Morgan fingerprint density at radius 1 is 0.764 bits per heavy atom. The van der Waals surface area contributed by atoms with E-state index in [-0.39, 0.29) is 25.5 Å². The number of nitrogens with zero attached hydrogens (tertiary/aromatic N) is 3. The van der Waals surface area contributed by atoms with Gasteiger partial charge in [0, 0.05) is 37.4 Å². The molecule has 6 aromatic carbocycles. The first-order valence-electron chi connectivity index (χ1n) is 18.7. The molecule has 0 aliphatic heterocycles. The van der Waals surface area contributed by atoms with E-state index >= 15 is 0 Å². The number of imidazole rings is 1. The third-order valence-electron chi connectivity index (χ3n) is 9.88. The number of fused-ring (bicyclic) bond motifs is 5. The Hall–Kier alpha value is -5.13. The van der Waals surface area contributed by atoms with Crippen LogP contribution < -0.4 is 5.19 Å². The van der Waals surface area contributed by atoms with Crippen molar-refractivity contribution in [2.24, 2.45) is 5.41 Å². The van der Waals surface area contributed by atoms with E-state index < -0.39 is 8.07 Å². The van der Waals surface area contributed by atoms with Gasteiger partial charge < -0.3 is 14.0 Å². The molecule has 6 heteroatoms. The fraction of sp³-hybridized carbons (Fsp3) is 0.184. The van der Waals surface area contributed by atoms with Gasteiger partial charge in [0.15, 0.2) is 0 Å². The van der Waals surface area contributed by atoms with Gasteiger partial charge in [-0.1, -0.05) is 131 Å². The van der Waals surface area contributed by atoms with Crippen LogP contribution in [0.2, 0.25) is 19.6 Å². The summed E-state index contributed by atoms with van der Waals surface area (Å²) in [5.41, 5.74) is 10.7. The number of aromatic nitrogens is 3. The van der Waals surface area contributed by atoms with Crippen LogP contribution >= 0.6 is 0 Å². The van der Waals surface area contributed by atoms with Gasteiger partial charge in [0.2, 0.25) is 0 Å². The standard InChI is InChI=1S/C29H17N2O.C20H28NSi.Ir/c1-2-9-20-18-21(17-16-19(20)8-1)31-26-14-5-4-13-25(26)30-29(31)24-12-7-11-23-22-10-3-6-15-27(22)32-28(23)24;1-15-8-10-16(11-9-15)18-12-17(13-20(2,3)4)19(14-21-18)22(5,6)7;/h1-11,13-18H;8-10,12,14H,13H2,1-7H3;/q2*-1;. The van der Waals surface area contributed by atoms with E-state index in [1.807, 2.05) is 36.4 Å². The molecule has 0 atom stereocenters. The molecule has 0 saturated heterocycles. The summed E-state index contributed by atoms with van der Waals surface area (Å²) in [5.74, 6) is 0.825. The maximum atomic E-state index is 6.31. The van der Waals surface area contributed by atoms with Gasteiger partial charge in [-0.3, -0.25) is 4.98 Å². The molecule has 9 rings (SSSR count). The van der Waals surface area contributed by atoms with Crippen molar-refractivity contribution < 1.29 is 24.5 Å². The molecule has 0 aliphatic rings. The molecule has 0 spiro atoms. The zero-order valence-electron chi connectivity index (χ0n) is 32.5. The number of para-hydroxylation sites is 3. The number of hydrogen-bond donors (Lipinski definition) is 0. The summed E-state index contributed by atoms with van der Waals surface area (Å²) in [6.07, 6.45) is 3.21. The molecule has 0 N–H and O–H groups in total. The van der Waals surface area contributed by atoms with Crippen LogP contribution in [-0.2, 0) is 26.5 Å². The van der Waals surface area contributed by atoms with Crippen LogP contribution in [-0.4, -0.2) is 22.6 Å². The number of aryl methyl sites for hydroxylation is 1. The Morgan fingerprint density at radius 2 is 1.51 bits per heavy atom. The second-order valence-electron chi connectivity index (χ2n) is 16.5. The predicted molar refractivity (Wildman–Crippen MR) is 230 cm³/mol. The van der Waals surface area contributed by atoms with Gasteiger partial charge in [0.1, 0.15) is 5.58 Å². The van der Waals surface area contributed by atoms with Gasteiger partial charge in [0.05, 0.1) is 30.5 Å². The van der Waals surface area contributed by atoms with Crippen LogP contribution in [0.25, 0.3) is 72.1 Å². The van der Waals surface area contributed by atoms with E-state index in [4.69, 9.17) is 14.4 Å². The summed E-state index contributed by atoms with van der Waals surface area (Å²) in [6.45, 7) is 16.2. The Bertz CT molecular complexity index is 2780. The zero-order chi connectivity index (χ0) is 37.6. The van der Waals surface area contributed by atoms with Crippen LogP contribution in [0.15, 0.2) is 138 Å². The molecule has 0 aliphatic carbocycles. The van der Waals surface area contributed by atoms with Gasteiger partial charge in [-0.05, 0) is 63.8 Å². The van der Waals surface area contributed by atoms with Gasteiger partial charge in [-0.15, -0.1) is 53.6 Å². The monoisotopic (exact) mass is 912 g/mol. The Labute approximate surface area is 338 Å². The molecule has 3 aromatic heterocycles. The maximum absolute atomic E-state index is 6.31. The maximum Gasteiger partial charge on any atom is 0.120 e. The van der Waals surface area contributed by atoms with E-state index in [0.717, 1.165) is 67.7 Å². The fourth-order valence-corrected chi connectivity index (χ4v) is 8.90. The van der Waals surface area contributed by atoms with Crippen molar-refractivity contribution in [3.05, 3.63) is 157 Å². The Morgan fingerprint density at radius 3 is 2.27 bits per heavy atom. The fourth-order valence-electron chi connectivity index (χ4n) is 7.33. The van der Waals surface area contributed by atoms with E-state index in [9.17, 15) is 0 Å². The average Bonchev–Trinajstić information content (AvgIpc) is 3.73. The van der Waals surface area contributed by atoms with Crippen molar-refractivity contribution >= 4 is 57.0 Å². The van der Waals surface area contributed by atoms with Crippen molar-refractivity contribution in [2.75, 3.05) is 0 Å². The summed E-state index contributed by atoms with van der Waals surface area (Å²) in [7, 11) is -1.38. The molecule has 0 unspecified atom stereocenters. The second kappa shape index (κ2) is 15.2. The molecule has 9 aromatic rings. The Kier molecular flexibility index (Phi) is 10.5. The van der Waals surface area contributed by atoms with Crippen LogP contribution in [0, 0.1) is 24.5 Å². The number of benzene rings is 6. The van der Waals surface area contributed by atoms with Crippen molar-refractivity contribution in [2.45, 2.75) is 53.8 Å². The third kappa shape index (κ3) is 7.86. The summed E-state index contributed by atoms with van der Waals surface area (Å²) in [5, 5.41) is 6.07. The molecule has 0 saturated carbocycles. The molecule has 0 bridgehead atoms. The first-order valence-corrected chi connectivity index (χ1v) is 22.2.